The maximum atomic E-state index is 12.5. The van der Waals surface area contributed by atoms with Gasteiger partial charge < -0.3 is 18.8 Å². The Morgan fingerprint density at radius 3 is 3.22 bits per heavy atom. The first-order valence-corrected chi connectivity index (χ1v) is 7.69. The van der Waals surface area contributed by atoms with Crippen LogP contribution in [0.3, 0.4) is 0 Å². The molecule has 2 aromatic heterocycles. The molecule has 0 unspecified atom stereocenters. The normalized spacial score (nSPS) is 26.3. The average molecular weight is 314 g/mol. The minimum atomic E-state index is -0.144. The smallest absolute Gasteiger partial charge is 0.257 e. The van der Waals surface area contributed by atoms with Crippen molar-refractivity contribution >= 4 is 5.91 Å². The number of hydrogen-bond acceptors (Lipinski definition) is 5. The van der Waals surface area contributed by atoms with Crippen molar-refractivity contribution in [3.05, 3.63) is 48.7 Å². The first kappa shape index (κ1) is 14.3. The van der Waals surface area contributed by atoms with Crippen molar-refractivity contribution in [3.63, 3.8) is 0 Å². The summed E-state index contributed by atoms with van der Waals surface area (Å²) in [6, 6.07) is 5.43. The van der Waals surface area contributed by atoms with E-state index in [1.165, 1.54) is 12.5 Å². The van der Waals surface area contributed by atoms with Crippen LogP contribution in [-0.4, -0.2) is 48.7 Å². The van der Waals surface area contributed by atoms with Gasteiger partial charge in [0.05, 0.1) is 43.3 Å². The maximum absolute atomic E-state index is 12.5. The van der Waals surface area contributed by atoms with Crippen molar-refractivity contribution in [3.8, 4) is 5.75 Å². The molecule has 0 aliphatic carbocycles. The molecule has 2 fully saturated rings. The number of fused-ring (bicyclic) bond motifs is 1. The van der Waals surface area contributed by atoms with Crippen molar-refractivity contribution in [2.45, 2.75) is 0 Å². The van der Waals surface area contributed by atoms with Crippen molar-refractivity contribution in [1.82, 2.24) is 9.88 Å². The average Bonchev–Trinajstić information content (AvgIpc) is 3.29. The maximum Gasteiger partial charge on any atom is 0.257 e. The molecule has 6 nitrogen and oxygen atoms in total. The van der Waals surface area contributed by atoms with Gasteiger partial charge in [-0.05, 0) is 18.2 Å². The van der Waals surface area contributed by atoms with Gasteiger partial charge >= 0.3 is 0 Å². The number of ether oxygens (including phenoxy) is 2. The van der Waals surface area contributed by atoms with Gasteiger partial charge in [-0.1, -0.05) is 0 Å². The molecule has 2 aliphatic rings. The van der Waals surface area contributed by atoms with E-state index in [-0.39, 0.29) is 11.3 Å². The molecule has 2 saturated heterocycles. The number of likely N-dealkylation sites (tertiary alicyclic amines) is 1. The van der Waals surface area contributed by atoms with Crippen LogP contribution in [0.4, 0.5) is 0 Å². The Hall–Kier alpha value is -2.34. The standard InChI is InChI=1S/C17H18N2O4/c20-16(13-3-5-21-8-13)19-7-14-9-22-11-17(14,10-19)12-23-15-2-1-4-18-6-15/h1-6,8,14H,7,9-12H2/t14-,17+/m1/s1. The minimum Gasteiger partial charge on any atom is -0.491 e. The molecular formula is C17H18N2O4. The third-order valence-electron chi connectivity index (χ3n) is 4.74. The number of pyridine rings is 1. The van der Waals surface area contributed by atoms with Crippen molar-refractivity contribution in [2.75, 3.05) is 32.9 Å². The fourth-order valence-corrected chi connectivity index (χ4v) is 3.42. The van der Waals surface area contributed by atoms with Crippen LogP contribution in [-0.2, 0) is 4.74 Å². The molecule has 0 bridgehead atoms. The van der Waals surface area contributed by atoms with Crippen LogP contribution in [0.1, 0.15) is 10.4 Å². The summed E-state index contributed by atoms with van der Waals surface area (Å²) in [6.07, 6.45) is 6.43. The Morgan fingerprint density at radius 1 is 1.48 bits per heavy atom. The number of carbonyl (C=O) groups is 1. The fourth-order valence-electron chi connectivity index (χ4n) is 3.42. The predicted octanol–water partition coefficient (Wildman–Crippen LogP) is 1.84. The highest BCUT2D eigenvalue weighted by molar-refractivity contribution is 5.94. The second-order valence-corrected chi connectivity index (χ2v) is 6.25. The van der Waals surface area contributed by atoms with Gasteiger partial charge in [-0.25, -0.2) is 0 Å². The number of carbonyl (C=O) groups excluding carboxylic acids is 1. The van der Waals surface area contributed by atoms with Gasteiger partial charge in [0.15, 0.2) is 0 Å². The molecule has 6 heteroatoms. The minimum absolute atomic E-state index is 0.00824. The predicted molar refractivity (Wildman–Crippen MR) is 81.1 cm³/mol. The van der Waals surface area contributed by atoms with Crippen LogP contribution >= 0.6 is 0 Å². The van der Waals surface area contributed by atoms with Gasteiger partial charge in [-0.3, -0.25) is 9.78 Å². The second kappa shape index (κ2) is 5.70. The molecule has 2 aromatic rings. The summed E-state index contributed by atoms with van der Waals surface area (Å²) in [5, 5.41) is 0. The summed E-state index contributed by atoms with van der Waals surface area (Å²) < 4.78 is 16.6. The molecule has 120 valence electrons. The van der Waals surface area contributed by atoms with Crippen LogP contribution < -0.4 is 4.74 Å². The van der Waals surface area contributed by atoms with Gasteiger partial charge in [0.25, 0.3) is 5.91 Å². The first-order valence-electron chi connectivity index (χ1n) is 7.69. The lowest BCUT2D eigenvalue weighted by Gasteiger charge is -2.26. The zero-order valence-corrected chi connectivity index (χ0v) is 12.7. The van der Waals surface area contributed by atoms with E-state index in [9.17, 15) is 4.79 Å². The van der Waals surface area contributed by atoms with Gasteiger partial charge in [-0.2, -0.15) is 0 Å². The van der Waals surface area contributed by atoms with Crippen LogP contribution in [0.25, 0.3) is 0 Å². The van der Waals surface area contributed by atoms with Crippen molar-refractivity contribution in [1.29, 1.82) is 0 Å². The van der Waals surface area contributed by atoms with E-state index in [1.807, 2.05) is 17.0 Å². The zero-order chi connectivity index (χ0) is 15.7. The lowest BCUT2D eigenvalue weighted by atomic mass is 9.82. The molecule has 2 atom stereocenters. The van der Waals surface area contributed by atoms with E-state index in [2.05, 4.69) is 4.98 Å². The molecular weight excluding hydrogens is 296 g/mol. The van der Waals surface area contributed by atoms with E-state index in [0.717, 1.165) is 5.75 Å². The van der Waals surface area contributed by atoms with Crippen LogP contribution in [0, 0.1) is 11.3 Å². The molecule has 0 aromatic carbocycles. The molecule has 23 heavy (non-hydrogen) atoms. The number of nitrogens with zero attached hydrogens (tertiary/aromatic N) is 2. The summed E-state index contributed by atoms with van der Waals surface area (Å²) in [5.41, 5.74) is 0.448. The Labute approximate surface area is 134 Å². The van der Waals surface area contributed by atoms with Crippen molar-refractivity contribution < 1.29 is 18.7 Å². The molecule has 1 amide bonds. The lowest BCUT2D eigenvalue weighted by Crippen LogP contribution is -2.38. The molecule has 4 rings (SSSR count). The van der Waals surface area contributed by atoms with Gasteiger partial charge in [0.2, 0.25) is 0 Å². The molecule has 0 radical (unpaired) electrons. The number of aromatic nitrogens is 1. The fraction of sp³-hybridized carbons (Fsp3) is 0.412. The Balaban J connectivity index is 1.47. The van der Waals surface area contributed by atoms with Gasteiger partial charge in [0, 0.05) is 25.2 Å². The van der Waals surface area contributed by atoms with E-state index >= 15 is 0 Å². The monoisotopic (exact) mass is 314 g/mol. The molecule has 0 spiro atoms. The zero-order valence-electron chi connectivity index (χ0n) is 12.7. The topological polar surface area (TPSA) is 64.8 Å². The molecule has 0 saturated carbocycles. The van der Waals surface area contributed by atoms with E-state index in [0.29, 0.717) is 44.4 Å². The van der Waals surface area contributed by atoms with Crippen molar-refractivity contribution in [2.24, 2.45) is 11.3 Å². The molecule has 4 heterocycles. The third kappa shape index (κ3) is 2.59. The summed E-state index contributed by atoms with van der Waals surface area (Å²) in [7, 11) is 0. The number of amides is 1. The molecule has 2 aliphatic heterocycles. The largest absolute Gasteiger partial charge is 0.491 e. The van der Waals surface area contributed by atoms with Gasteiger partial charge in [0.1, 0.15) is 12.0 Å². The van der Waals surface area contributed by atoms with E-state index < -0.39 is 0 Å². The summed E-state index contributed by atoms with van der Waals surface area (Å²) in [5.74, 6) is 1.05. The third-order valence-corrected chi connectivity index (χ3v) is 4.74. The van der Waals surface area contributed by atoms with E-state index in [4.69, 9.17) is 13.9 Å². The lowest BCUT2D eigenvalue weighted by molar-refractivity contribution is 0.0659. The Kier molecular flexibility index (Phi) is 3.53. The Bertz CT molecular complexity index is 673. The van der Waals surface area contributed by atoms with E-state index in [1.54, 1.807) is 18.5 Å². The summed E-state index contributed by atoms with van der Waals surface area (Å²) in [6.45, 7) is 3.15. The van der Waals surface area contributed by atoms with Crippen LogP contribution in [0.15, 0.2) is 47.5 Å². The Morgan fingerprint density at radius 2 is 2.43 bits per heavy atom. The van der Waals surface area contributed by atoms with Crippen LogP contribution in [0.5, 0.6) is 5.75 Å². The quantitative estimate of drug-likeness (QED) is 0.861. The summed E-state index contributed by atoms with van der Waals surface area (Å²) >= 11 is 0. The highest BCUT2D eigenvalue weighted by Gasteiger charge is 2.52. The highest BCUT2D eigenvalue weighted by atomic mass is 16.5. The SMILES string of the molecule is O=C(c1ccoc1)N1C[C@@H]2COC[C@]2(COc2cccnc2)C1. The van der Waals surface area contributed by atoms with Gasteiger partial charge in [-0.15, -0.1) is 0 Å². The summed E-state index contributed by atoms with van der Waals surface area (Å²) in [4.78, 5) is 18.5. The number of furan rings is 1. The first-order chi connectivity index (χ1) is 11.3. The second-order valence-electron chi connectivity index (χ2n) is 6.25. The highest BCUT2D eigenvalue weighted by Crippen LogP contribution is 2.42. The number of rotatable bonds is 4. The molecule has 0 N–H and O–H groups in total. The van der Waals surface area contributed by atoms with Crippen LogP contribution in [0.2, 0.25) is 0 Å². The number of hydrogen-bond donors (Lipinski definition) is 0.